The van der Waals surface area contributed by atoms with Gasteiger partial charge in [0.1, 0.15) is 18.5 Å². The van der Waals surface area contributed by atoms with Gasteiger partial charge in [-0.2, -0.15) is 0 Å². The van der Waals surface area contributed by atoms with Gasteiger partial charge in [0, 0.05) is 45.7 Å². The number of piperazine rings is 1. The van der Waals surface area contributed by atoms with E-state index >= 15 is 0 Å². The molecular formula is C18H26N2O2. The summed E-state index contributed by atoms with van der Waals surface area (Å²) in [5, 5.41) is 10.1. The van der Waals surface area contributed by atoms with E-state index in [-0.39, 0.29) is 0 Å². The van der Waals surface area contributed by atoms with Crippen molar-refractivity contribution in [3.05, 3.63) is 29.8 Å². The van der Waals surface area contributed by atoms with Gasteiger partial charge in [0.15, 0.2) is 0 Å². The number of nitrogens with zero attached hydrogens (tertiary/aromatic N) is 2. The summed E-state index contributed by atoms with van der Waals surface area (Å²) in [6.45, 7) is 8.01. The summed E-state index contributed by atoms with van der Waals surface area (Å²) in [4.78, 5) is 4.67. The van der Waals surface area contributed by atoms with Gasteiger partial charge in [-0.25, -0.2) is 0 Å². The summed E-state index contributed by atoms with van der Waals surface area (Å²) in [5.74, 6) is 3.49. The highest BCUT2D eigenvalue weighted by molar-refractivity contribution is 5.26. The van der Waals surface area contributed by atoms with Crippen molar-refractivity contribution >= 4 is 0 Å². The van der Waals surface area contributed by atoms with E-state index in [0.29, 0.717) is 13.2 Å². The predicted octanol–water partition coefficient (Wildman–Crippen LogP) is 1.38. The summed E-state index contributed by atoms with van der Waals surface area (Å²) in [6.07, 6.45) is 5.65. The third-order valence-electron chi connectivity index (χ3n) is 3.97. The Morgan fingerprint density at radius 3 is 2.45 bits per heavy atom. The molecule has 1 aromatic carbocycles. The molecule has 1 saturated heterocycles. The molecule has 1 heterocycles. The summed E-state index contributed by atoms with van der Waals surface area (Å²) >= 11 is 0. The van der Waals surface area contributed by atoms with Crippen LogP contribution >= 0.6 is 0 Å². The van der Waals surface area contributed by atoms with Gasteiger partial charge in [0.2, 0.25) is 0 Å². The van der Waals surface area contributed by atoms with Gasteiger partial charge in [0.05, 0.1) is 0 Å². The van der Waals surface area contributed by atoms with Crippen LogP contribution in [0.5, 0.6) is 5.75 Å². The third-order valence-corrected chi connectivity index (χ3v) is 3.97. The van der Waals surface area contributed by atoms with Gasteiger partial charge < -0.3 is 9.84 Å². The van der Waals surface area contributed by atoms with Crippen molar-refractivity contribution < 1.29 is 9.84 Å². The van der Waals surface area contributed by atoms with E-state index in [1.165, 1.54) is 5.56 Å². The van der Waals surface area contributed by atoms with Crippen LogP contribution in [0.3, 0.4) is 0 Å². The Morgan fingerprint density at radius 1 is 1.18 bits per heavy atom. The lowest BCUT2D eigenvalue weighted by atomic mass is 10.2. The van der Waals surface area contributed by atoms with Crippen LogP contribution in [0.4, 0.5) is 0 Å². The van der Waals surface area contributed by atoms with E-state index in [9.17, 15) is 5.11 Å². The maximum absolute atomic E-state index is 10.1. The van der Waals surface area contributed by atoms with Crippen LogP contribution in [0, 0.1) is 19.3 Å². The molecule has 0 radical (unpaired) electrons. The molecule has 1 unspecified atom stereocenters. The predicted molar refractivity (Wildman–Crippen MR) is 89.0 cm³/mol. The van der Waals surface area contributed by atoms with Crippen LogP contribution < -0.4 is 4.74 Å². The first kappa shape index (κ1) is 16.8. The van der Waals surface area contributed by atoms with Gasteiger partial charge in [-0.15, -0.1) is 12.3 Å². The fourth-order valence-corrected chi connectivity index (χ4v) is 2.60. The molecule has 120 valence electrons. The van der Waals surface area contributed by atoms with Crippen molar-refractivity contribution in [3.8, 4) is 18.1 Å². The molecular weight excluding hydrogens is 276 g/mol. The van der Waals surface area contributed by atoms with Gasteiger partial charge in [-0.1, -0.05) is 17.7 Å². The molecule has 0 spiro atoms. The second kappa shape index (κ2) is 8.79. The minimum atomic E-state index is -0.460. The molecule has 0 bridgehead atoms. The van der Waals surface area contributed by atoms with Crippen molar-refractivity contribution in [2.45, 2.75) is 19.4 Å². The standard InChI is InChI=1S/C18H26N2O2/c1-3-4-9-19-10-12-20(13-11-19)14-17(21)15-22-18-7-5-16(2)6-8-18/h1,5-8,17,21H,4,9-15H2,2H3. The molecule has 1 aliphatic heterocycles. The van der Waals surface area contributed by atoms with Gasteiger partial charge in [-0.05, 0) is 19.1 Å². The minimum absolute atomic E-state index is 0.334. The molecule has 0 aromatic heterocycles. The number of hydrogen-bond acceptors (Lipinski definition) is 4. The smallest absolute Gasteiger partial charge is 0.119 e. The molecule has 4 nitrogen and oxygen atoms in total. The molecule has 0 saturated carbocycles. The molecule has 0 amide bonds. The van der Waals surface area contributed by atoms with Crippen LogP contribution in [0.25, 0.3) is 0 Å². The molecule has 1 fully saturated rings. The highest BCUT2D eigenvalue weighted by Gasteiger charge is 2.19. The third kappa shape index (κ3) is 5.69. The number of aliphatic hydroxyl groups excluding tert-OH is 1. The van der Waals surface area contributed by atoms with E-state index in [1.807, 2.05) is 31.2 Å². The van der Waals surface area contributed by atoms with Crippen LogP contribution in [-0.2, 0) is 0 Å². The Hall–Kier alpha value is -1.54. The normalized spacial score (nSPS) is 17.9. The quantitative estimate of drug-likeness (QED) is 0.772. The number of hydrogen-bond donors (Lipinski definition) is 1. The number of β-amino-alcohol motifs (C(OH)–C–C–N with tert-alkyl or cyclic N) is 1. The average molecular weight is 302 g/mol. The van der Waals surface area contributed by atoms with Crippen molar-refractivity contribution in [2.24, 2.45) is 0 Å². The SMILES string of the molecule is C#CCCN1CCN(CC(O)COc2ccc(C)cc2)CC1. The molecule has 1 N–H and O–H groups in total. The molecule has 1 atom stereocenters. The Morgan fingerprint density at radius 2 is 1.82 bits per heavy atom. The second-order valence-electron chi connectivity index (χ2n) is 5.87. The first-order valence-electron chi connectivity index (χ1n) is 7.93. The number of benzene rings is 1. The zero-order chi connectivity index (χ0) is 15.8. The number of ether oxygens (including phenoxy) is 1. The van der Waals surface area contributed by atoms with E-state index in [0.717, 1.165) is 44.9 Å². The first-order chi connectivity index (χ1) is 10.7. The number of terminal acetylenes is 1. The van der Waals surface area contributed by atoms with Crippen molar-refractivity contribution in [2.75, 3.05) is 45.9 Å². The van der Waals surface area contributed by atoms with Crippen molar-refractivity contribution in [3.63, 3.8) is 0 Å². The maximum Gasteiger partial charge on any atom is 0.119 e. The molecule has 0 aliphatic carbocycles. The molecule has 1 aliphatic rings. The topological polar surface area (TPSA) is 35.9 Å². The average Bonchev–Trinajstić information content (AvgIpc) is 2.54. The summed E-state index contributed by atoms with van der Waals surface area (Å²) in [7, 11) is 0. The Balaban J connectivity index is 1.64. The van der Waals surface area contributed by atoms with Gasteiger partial charge in [-0.3, -0.25) is 9.80 Å². The van der Waals surface area contributed by atoms with Gasteiger partial charge >= 0.3 is 0 Å². The largest absolute Gasteiger partial charge is 0.491 e. The lowest BCUT2D eigenvalue weighted by Gasteiger charge is -2.35. The fourth-order valence-electron chi connectivity index (χ4n) is 2.60. The number of aryl methyl sites for hydroxylation is 1. The van der Waals surface area contributed by atoms with E-state index in [1.54, 1.807) is 0 Å². The monoisotopic (exact) mass is 302 g/mol. The van der Waals surface area contributed by atoms with Gasteiger partial charge in [0.25, 0.3) is 0 Å². The highest BCUT2D eigenvalue weighted by atomic mass is 16.5. The lowest BCUT2D eigenvalue weighted by molar-refractivity contribution is 0.0465. The van der Waals surface area contributed by atoms with Crippen LogP contribution in [0.2, 0.25) is 0 Å². The second-order valence-corrected chi connectivity index (χ2v) is 5.87. The lowest BCUT2D eigenvalue weighted by Crippen LogP contribution is -2.49. The first-order valence-corrected chi connectivity index (χ1v) is 7.93. The van der Waals surface area contributed by atoms with E-state index in [4.69, 9.17) is 11.2 Å². The maximum atomic E-state index is 10.1. The molecule has 2 rings (SSSR count). The number of aliphatic hydroxyl groups is 1. The summed E-state index contributed by atoms with van der Waals surface area (Å²) in [6, 6.07) is 7.90. The van der Waals surface area contributed by atoms with E-state index < -0.39 is 6.10 Å². The number of rotatable bonds is 7. The summed E-state index contributed by atoms with van der Waals surface area (Å²) < 4.78 is 5.63. The van der Waals surface area contributed by atoms with Crippen LogP contribution in [0.15, 0.2) is 24.3 Å². The fraction of sp³-hybridized carbons (Fsp3) is 0.556. The Kier molecular flexibility index (Phi) is 6.73. The summed E-state index contributed by atoms with van der Waals surface area (Å²) in [5.41, 5.74) is 1.20. The van der Waals surface area contributed by atoms with E-state index in [2.05, 4.69) is 15.7 Å². The Bertz CT molecular complexity index is 473. The highest BCUT2D eigenvalue weighted by Crippen LogP contribution is 2.12. The molecule has 1 aromatic rings. The Labute approximate surface area is 133 Å². The minimum Gasteiger partial charge on any atom is -0.491 e. The van der Waals surface area contributed by atoms with Crippen molar-refractivity contribution in [1.82, 2.24) is 9.80 Å². The zero-order valence-corrected chi connectivity index (χ0v) is 13.4. The zero-order valence-electron chi connectivity index (χ0n) is 13.4. The van der Waals surface area contributed by atoms with Crippen molar-refractivity contribution in [1.29, 1.82) is 0 Å². The molecule has 22 heavy (non-hydrogen) atoms. The molecule has 4 heteroatoms. The van der Waals surface area contributed by atoms with Crippen LogP contribution in [-0.4, -0.2) is 66.9 Å². The van der Waals surface area contributed by atoms with Crippen LogP contribution in [0.1, 0.15) is 12.0 Å².